The van der Waals surface area contributed by atoms with Crippen LogP contribution in [0.3, 0.4) is 0 Å². The fourth-order valence-electron chi connectivity index (χ4n) is 4.01. The van der Waals surface area contributed by atoms with Crippen LogP contribution in [0.1, 0.15) is 52.9 Å². The summed E-state index contributed by atoms with van der Waals surface area (Å²) in [7, 11) is 0. The summed E-state index contributed by atoms with van der Waals surface area (Å²) in [6.45, 7) is 2.57. The Morgan fingerprint density at radius 1 is 1.26 bits per heavy atom. The summed E-state index contributed by atoms with van der Waals surface area (Å²) in [5, 5.41) is 13.3. The molecule has 2 aromatic heterocycles. The van der Waals surface area contributed by atoms with Crippen LogP contribution in [0.4, 0.5) is 11.5 Å². The number of fused-ring (bicyclic) bond motifs is 1. The highest BCUT2D eigenvalue weighted by molar-refractivity contribution is 7.21. The number of nitriles is 1. The van der Waals surface area contributed by atoms with E-state index in [1.165, 1.54) is 29.8 Å². The van der Waals surface area contributed by atoms with E-state index in [9.17, 15) is 10.1 Å². The van der Waals surface area contributed by atoms with Crippen molar-refractivity contribution in [2.24, 2.45) is 0 Å². The zero-order valence-corrected chi connectivity index (χ0v) is 18.3. The first-order valence-electron chi connectivity index (χ1n) is 10.4. The zero-order valence-electron chi connectivity index (χ0n) is 17.5. The molecule has 4 rings (SSSR count). The van der Waals surface area contributed by atoms with Crippen molar-refractivity contribution < 1.29 is 4.79 Å². The predicted molar refractivity (Wildman–Crippen MR) is 127 cm³/mol. The van der Waals surface area contributed by atoms with Crippen molar-refractivity contribution in [3.63, 3.8) is 0 Å². The van der Waals surface area contributed by atoms with Crippen molar-refractivity contribution in [3.05, 3.63) is 51.9 Å². The number of aromatic nitrogens is 1. The van der Waals surface area contributed by atoms with E-state index in [-0.39, 0.29) is 17.3 Å². The van der Waals surface area contributed by atoms with Crippen molar-refractivity contribution in [1.82, 2.24) is 10.3 Å². The van der Waals surface area contributed by atoms with E-state index < -0.39 is 0 Å². The highest BCUT2D eigenvalue weighted by Crippen LogP contribution is 2.42. The van der Waals surface area contributed by atoms with Crippen LogP contribution in [0.25, 0.3) is 21.3 Å². The van der Waals surface area contributed by atoms with Crippen molar-refractivity contribution in [1.29, 1.82) is 5.26 Å². The third-order valence-electron chi connectivity index (χ3n) is 5.68. The number of carbonyl (C=O) groups is 1. The molecule has 1 aliphatic carbocycles. The van der Waals surface area contributed by atoms with Gasteiger partial charge in [0.2, 0.25) is 0 Å². The molecule has 6 nitrogen and oxygen atoms in total. The van der Waals surface area contributed by atoms with Crippen LogP contribution < -0.4 is 16.8 Å². The number of aryl methyl sites for hydroxylation is 1. The molecule has 0 radical (unpaired) electrons. The fraction of sp³-hybridized carbons (Fsp3) is 0.292. The van der Waals surface area contributed by atoms with E-state index in [1.54, 1.807) is 0 Å². The molecule has 7 heteroatoms. The molecular formula is C24H25N5OS. The molecule has 158 valence electrons. The Hall–Kier alpha value is -3.37. The minimum absolute atomic E-state index is 0.142. The molecule has 0 bridgehead atoms. The standard InChI is InChI=1S/C24H25N5OS/c1-14-7-9-16(10-8-14)18-17(13-25)22(27)29-24-19(18)20(26)21(31-24)23(30)28-12-11-15-5-3-2-4-6-15/h5,7-10H,2-4,6,11-12,26H2,1H3,(H2,27,29)(H,28,30). The Morgan fingerprint density at radius 3 is 2.71 bits per heavy atom. The lowest BCUT2D eigenvalue weighted by molar-refractivity contribution is 0.0959. The van der Waals surface area contributed by atoms with Gasteiger partial charge in [0, 0.05) is 17.5 Å². The van der Waals surface area contributed by atoms with E-state index >= 15 is 0 Å². The second kappa shape index (κ2) is 8.78. The molecular weight excluding hydrogens is 406 g/mol. The van der Waals surface area contributed by atoms with Crippen molar-refractivity contribution in [2.75, 3.05) is 18.0 Å². The van der Waals surface area contributed by atoms with E-state index in [0.717, 1.165) is 30.4 Å². The maximum absolute atomic E-state index is 12.9. The minimum atomic E-state index is -0.219. The topological polar surface area (TPSA) is 118 Å². The third-order valence-corrected chi connectivity index (χ3v) is 6.78. The first-order chi connectivity index (χ1) is 15.0. The second-order valence-corrected chi connectivity index (χ2v) is 8.86. The number of carbonyl (C=O) groups excluding carboxylic acids is 1. The molecule has 1 aromatic carbocycles. The normalized spacial score (nSPS) is 13.6. The molecule has 0 spiro atoms. The van der Waals surface area contributed by atoms with Gasteiger partial charge < -0.3 is 16.8 Å². The second-order valence-electron chi connectivity index (χ2n) is 7.86. The Labute approximate surface area is 185 Å². The number of nitrogens with two attached hydrogens (primary N) is 2. The highest BCUT2D eigenvalue weighted by Gasteiger charge is 2.24. The number of hydrogen-bond donors (Lipinski definition) is 3. The molecule has 0 saturated heterocycles. The SMILES string of the molecule is Cc1ccc(-c2c(C#N)c(N)nc3sc(C(=O)NCCC4=CCCCC4)c(N)c23)cc1. The molecule has 2 heterocycles. The predicted octanol–water partition coefficient (Wildman–Crippen LogP) is 4.93. The first-order valence-corrected chi connectivity index (χ1v) is 11.3. The number of amides is 1. The number of allylic oxidation sites excluding steroid dienone is 1. The van der Waals surface area contributed by atoms with Crippen LogP contribution in [-0.4, -0.2) is 17.4 Å². The molecule has 0 fully saturated rings. The van der Waals surface area contributed by atoms with Gasteiger partial charge in [0.05, 0.1) is 5.69 Å². The van der Waals surface area contributed by atoms with Crippen molar-refractivity contribution in [2.45, 2.75) is 39.0 Å². The molecule has 5 N–H and O–H groups in total. The average molecular weight is 432 g/mol. The number of rotatable bonds is 5. The van der Waals surface area contributed by atoms with E-state index in [4.69, 9.17) is 11.5 Å². The van der Waals surface area contributed by atoms with Gasteiger partial charge in [0.1, 0.15) is 27.2 Å². The van der Waals surface area contributed by atoms with Gasteiger partial charge in [0.15, 0.2) is 0 Å². The molecule has 0 saturated carbocycles. The number of benzene rings is 1. The maximum atomic E-state index is 12.9. The summed E-state index contributed by atoms with van der Waals surface area (Å²) >= 11 is 1.21. The maximum Gasteiger partial charge on any atom is 0.263 e. The Morgan fingerprint density at radius 2 is 2.03 bits per heavy atom. The zero-order chi connectivity index (χ0) is 22.0. The van der Waals surface area contributed by atoms with Gasteiger partial charge in [-0.1, -0.05) is 41.5 Å². The number of thiophene rings is 1. The molecule has 0 atom stereocenters. The van der Waals surface area contributed by atoms with E-state index in [0.29, 0.717) is 32.9 Å². The Balaban J connectivity index is 1.70. The van der Waals surface area contributed by atoms with Crippen LogP contribution in [0.15, 0.2) is 35.9 Å². The average Bonchev–Trinajstić information content (AvgIpc) is 3.10. The van der Waals surface area contributed by atoms with Crippen LogP contribution in [0.5, 0.6) is 0 Å². The number of pyridine rings is 1. The summed E-state index contributed by atoms with van der Waals surface area (Å²) < 4.78 is 0. The highest BCUT2D eigenvalue weighted by atomic mass is 32.1. The van der Waals surface area contributed by atoms with E-state index in [2.05, 4.69) is 22.4 Å². The van der Waals surface area contributed by atoms with Crippen LogP contribution in [-0.2, 0) is 0 Å². The minimum Gasteiger partial charge on any atom is -0.397 e. The number of nitrogens with zero attached hydrogens (tertiary/aromatic N) is 2. The quantitative estimate of drug-likeness (QED) is 0.495. The summed E-state index contributed by atoms with van der Waals surface area (Å²) in [5.41, 5.74) is 17.1. The number of nitrogens with one attached hydrogen (secondary N) is 1. The third kappa shape index (κ3) is 4.12. The van der Waals surface area contributed by atoms with Gasteiger partial charge in [-0.2, -0.15) is 5.26 Å². The van der Waals surface area contributed by atoms with Crippen LogP contribution in [0.2, 0.25) is 0 Å². The molecule has 1 aliphatic rings. The van der Waals surface area contributed by atoms with Gasteiger partial charge in [-0.3, -0.25) is 4.79 Å². The summed E-state index contributed by atoms with van der Waals surface area (Å²) in [5.74, 6) is -0.0770. The largest absolute Gasteiger partial charge is 0.397 e. The van der Waals surface area contributed by atoms with Crippen molar-refractivity contribution in [3.8, 4) is 17.2 Å². The smallest absolute Gasteiger partial charge is 0.263 e. The van der Waals surface area contributed by atoms with Gasteiger partial charge in [-0.05, 0) is 44.6 Å². The molecule has 31 heavy (non-hydrogen) atoms. The van der Waals surface area contributed by atoms with Crippen LogP contribution in [0, 0.1) is 18.3 Å². The first kappa shape index (κ1) is 20.9. The van der Waals surface area contributed by atoms with Crippen molar-refractivity contribution >= 4 is 39.0 Å². The lowest BCUT2D eigenvalue weighted by atomic mass is 9.96. The monoisotopic (exact) mass is 431 g/mol. The Kier molecular flexibility index (Phi) is 5.92. The lowest BCUT2D eigenvalue weighted by Gasteiger charge is -2.12. The van der Waals surface area contributed by atoms with Gasteiger partial charge in [0.25, 0.3) is 5.91 Å². The summed E-state index contributed by atoms with van der Waals surface area (Å²) in [6.07, 6.45) is 7.85. The van der Waals surface area contributed by atoms with Gasteiger partial charge in [-0.15, -0.1) is 11.3 Å². The summed E-state index contributed by atoms with van der Waals surface area (Å²) in [6, 6.07) is 9.95. The van der Waals surface area contributed by atoms with Crippen LogP contribution >= 0.6 is 11.3 Å². The summed E-state index contributed by atoms with van der Waals surface area (Å²) in [4.78, 5) is 18.2. The number of anilines is 2. The molecule has 1 amide bonds. The number of nitrogen functional groups attached to an aromatic ring is 2. The van der Waals surface area contributed by atoms with Gasteiger partial charge >= 0.3 is 0 Å². The number of hydrogen-bond acceptors (Lipinski definition) is 6. The molecule has 3 aromatic rings. The lowest BCUT2D eigenvalue weighted by Crippen LogP contribution is -2.24. The fourth-order valence-corrected chi connectivity index (χ4v) is 5.04. The molecule has 0 aliphatic heterocycles. The molecule has 0 unspecified atom stereocenters. The van der Waals surface area contributed by atoms with Gasteiger partial charge in [-0.25, -0.2) is 4.98 Å². The Bertz CT molecular complexity index is 1220. The van der Waals surface area contributed by atoms with E-state index in [1.807, 2.05) is 31.2 Å².